The van der Waals surface area contributed by atoms with E-state index < -0.39 is 11.1 Å². The smallest absolute Gasteiger partial charge is 0.294 e. The number of hydrogen-bond acceptors (Lipinski definition) is 5. The molecule has 176 valence electrons. The summed E-state index contributed by atoms with van der Waals surface area (Å²) in [7, 11) is 0. The number of carbonyl (C=O) groups excluding carboxylic acids is 4. The number of thioether (sulfide) groups is 1. The number of carbonyl (C=O) groups is 4. The number of nitrogens with zero attached hydrogens (tertiary/aromatic N) is 2. The first kappa shape index (κ1) is 24.1. The van der Waals surface area contributed by atoms with Crippen LogP contribution in [0.4, 0.5) is 4.79 Å². The maximum absolute atomic E-state index is 12.9. The molecule has 0 spiro atoms. The molecule has 1 aromatic rings. The summed E-state index contributed by atoms with van der Waals surface area (Å²) in [5, 5.41) is 3.21. The Morgan fingerprint density at radius 3 is 2.55 bits per heavy atom. The first-order chi connectivity index (χ1) is 15.7. The third kappa shape index (κ3) is 5.73. The third-order valence-electron chi connectivity index (χ3n) is 6.08. The van der Waals surface area contributed by atoms with Gasteiger partial charge in [0.1, 0.15) is 6.54 Å². The average molecular weight is 510 g/mol. The van der Waals surface area contributed by atoms with Crippen LogP contribution in [0.3, 0.4) is 0 Å². The van der Waals surface area contributed by atoms with Crippen LogP contribution in [0.2, 0.25) is 10.0 Å². The van der Waals surface area contributed by atoms with Gasteiger partial charge in [-0.1, -0.05) is 36.0 Å². The van der Waals surface area contributed by atoms with E-state index in [1.54, 1.807) is 23.1 Å². The molecule has 0 bridgehead atoms. The van der Waals surface area contributed by atoms with Gasteiger partial charge in [-0.2, -0.15) is 0 Å². The highest BCUT2D eigenvalue weighted by atomic mass is 35.5. The molecule has 2 heterocycles. The standard InChI is InChI=1S/C23H25Cl2N3O4S/c1-13(10-14-2-3-14)26-19(29)12-28-22(31)20(33-23(28)32)15-6-8-27(9-7-15)21(30)17-11-16(24)4-5-18(17)25/h4-5,11,13-14H,2-3,6-10,12H2,1H3,(H,26,29). The molecule has 0 aromatic heterocycles. The van der Waals surface area contributed by atoms with Gasteiger partial charge in [0, 0.05) is 24.2 Å². The largest absolute Gasteiger partial charge is 0.352 e. The molecule has 7 nitrogen and oxygen atoms in total. The molecule has 2 saturated heterocycles. The Kier molecular flexibility index (Phi) is 7.36. The van der Waals surface area contributed by atoms with Gasteiger partial charge in [-0.3, -0.25) is 24.1 Å². The van der Waals surface area contributed by atoms with Crippen molar-refractivity contribution in [2.75, 3.05) is 19.6 Å². The molecule has 1 atom stereocenters. The second kappa shape index (κ2) is 10.1. The molecule has 1 saturated carbocycles. The first-order valence-electron chi connectivity index (χ1n) is 11.0. The maximum Gasteiger partial charge on any atom is 0.294 e. The van der Waals surface area contributed by atoms with Gasteiger partial charge in [0.05, 0.1) is 15.5 Å². The number of piperidine rings is 1. The van der Waals surface area contributed by atoms with Crippen molar-refractivity contribution in [3.05, 3.63) is 44.3 Å². The van der Waals surface area contributed by atoms with E-state index >= 15 is 0 Å². The van der Waals surface area contributed by atoms with Gasteiger partial charge >= 0.3 is 0 Å². The number of rotatable bonds is 6. The number of amides is 4. The fourth-order valence-electron chi connectivity index (χ4n) is 4.17. The Labute approximate surface area is 206 Å². The summed E-state index contributed by atoms with van der Waals surface area (Å²) in [6.45, 7) is 2.48. The van der Waals surface area contributed by atoms with Crippen LogP contribution in [-0.4, -0.2) is 58.4 Å². The van der Waals surface area contributed by atoms with Crippen molar-refractivity contribution >= 4 is 57.9 Å². The lowest BCUT2D eigenvalue weighted by Crippen LogP contribution is -2.43. The second-order valence-electron chi connectivity index (χ2n) is 8.76. The van der Waals surface area contributed by atoms with Gasteiger partial charge in [0.2, 0.25) is 5.91 Å². The molecular formula is C23H25Cl2N3O4S. The van der Waals surface area contributed by atoms with Gasteiger partial charge in [-0.25, -0.2) is 0 Å². The molecule has 1 aromatic carbocycles. The monoisotopic (exact) mass is 509 g/mol. The highest BCUT2D eigenvalue weighted by molar-refractivity contribution is 8.18. The average Bonchev–Trinajstić information content (AvgIpc) is 3.55. The summed E-state index contributed by atoms with van der Waals surface area (Å²) in [6, 6.07) is 4.78. The molecular weight excluding hydrogens is 485 g/mol. The maximum atomic E-state index is 12.9. The zero-order valence-corrected chi connectivity index (χ0v) is 20.6. The lowest BCUT2D eigenvalue weighted by molar-refractivity contribution is -0.129. The molecule has 1 unspecified atom stereocenters. The highest BCUT2D eigenvalue weighted by Crippen LogP contribution is 2.37. The number of hydrogen-bond donors (Lipinski definition) is 1. The number of benzene rings is 1. The van der Waals surface area contributed by atoms with E-state index in [2.05, 4.69) is 5.32 Å². The molecule has 3 aliphatic rings. The van der Waals surface area contributed by atoms with Crippen LogP contribution >= 0.6 is 35.0 Å². The lowest BCUT2D eigenvalue weighted by atomic mass is 10.0. The summed E-state index contributed by atoms with van der Waals surface area (Å²) in [5.74, 6) is -0.292. The number of imide groups is 1. The topological polar surface area (TPSA) is 86.8 Å². The van der Waals surface area contributed by atoms with Crippen LogP contribution in [0.5, 0.6) is 0 Å². The first-order valence-corrected chi connectivity index (χ1v) is 12.6. The number of likely N-dealkylation sites (tertiary alicyclic amines) is 1. The van der Waals surface area contributed by atoms with Gasteiger partial charge < -0.3 is 10.2 Å². The third-order valence-corrected chi connectivity index (χ3v) is 7.70. The summed E-state index contributed by atoms with van der Waals surface area (Å²) >= 11 is 13.0. The molecule has 1 aliphatic carbocycles. The normalized spacial score (nSPS) is 19.8. The van der Waals surface area contributed by atoms with Crippen LogP contribution in [0, 0.1) is 5.92 Å². The summed E-state index contributed by atoms with van der Waals surface area (Å²) in [5.41, 5.74) is 1.18. The Bertz CT molecular complexity index is 1030. The van der Waals surface area contributed by atoms with Crippen LogP contribution in [-0.2, 0) is 9.59 Å². The zero-order chi connectivity index (χ0) is 23.7. The molecule has 0 radical (unpaired) electrons. The number of nitrogens with one attached hydrogen (secondary N) is 1. The molecule has 2 aliphatic heterocycles. The van der Waals surface area contributed by atoms with E-state index in [9.17, 15) is 19.2 Å². The molecule has 1 N–H and O–H groups in total. The summed E-state index contributed by atoms with van der Waals surface area (Å²) in [4.78, 5) is 53.5. The summed E-state index contributed by atoms with van der Waals surface area (Å²) in [6.07, 6.45) is 4.28. The van der Waals surface area contributed by atoms with E-state index in [0.29, 0.717) is 52.4 Å². The van der Waals surface area contributed by atoms with Crippen LogP contribution in [0.1, 0.15) is 49.4 Å². The zero-order valence-electron chi connectivity index (χ0n) is 18.2. The number of halogens is 2. The predicted molar refractivity (Wildman–Crippen MR) is 128 cm³/mol. The molecule has 4 rings (SSSR count). The SMILES string of the molecule is CC(CC1CC1)NC(=O)CN1C(=O)SC(=C2CCN(C(=O)c3cc(Cl)ccc3Cl)CC2)C1=O. The Hall–Kier alpha value is -2.03. The van der Waals surface area contributed by atoms with Crippen molar-refractivity contribution in [3.8, 4) is 0 Å². The minimum Gasteiger partial charge on any atom is -0.352 e. The summed E-state index contributed by atoms with van der Waals surface area (Å²) < 4.78 is 0. The minimum atomic E-state index is -0.434. The quantitative estimate of drug-likeness (QED) is 0.571. The van der Waals surface area contributed by atoms with Crippen molar-refractivity contribution < 1.29 is 19.2 Å². The fourth-order valence-corrected chi connectivity index (χ4v) is 5.52. The Morgan fingerprint density at radius 2 is 1.88 bits per heavy atom. The van der Waals surface area contributed by atoms with Crippen LogP contribution < -0.4 is 5.32 Å². The lowest BCUT2D eigenvalue weighted by Gasteiger charge is -2.29. The predicted octanol–water partition coefficient (Wildman–Crippen LogP) is 4.48. The molecule has 10 heteroatoms. The van der Waals surface area contributed by atoms with E-state index in [1.807, 2.05) is 6.92 Å². The van der Waals surface area contributed by atoms with Gasteiger partial charge in [0.15, 0.2) is 0 Å². The molecule has 3 fully saturated rings. The Balaban J connectivity index is 1.35. The van der Waals surface area contributed by atoms with E-state index in [1.165, 1.54) is 12.8 Å². The fraction of sp³-hybridized carbons (Fsp3) is 0.478. The van der Waals surface area contributed by atoms with Gasteiger partial charge in [-0.15, -0.1) is 0 Å². The van der Waals surface area contributed by atoms with Gasteiger partial charge in [0.25, 0.3) is 17.1 Å². The molecule has 33 heavy (non-hydrogen) atoms. The van der Waals surface area contributed by atoms with Crippen molar-refractivity contribution in [2.45, 2.75) is 45.1 Å². The second-order valence-corrected chi connectivity index (χ2v) is 10.6. The van der Waals surface area contributed by atoms with E-state index in [4.69, 9.17) is 23.2 Å². The molecule has 4 amide bonds. The van der Waals surface area contributed by atoms with Crippen molar-refractivity contribution in [3.63, 3.8) is 0 Å². The Morgan fingerprint density at radius 1 is 1.18 bits per heavy atom. The van der Waals surface area contributed by atoms with Crippen molar-refractivity contribution in [2.24, 2.45) is 5.92 Å². The van der Waals surface area contributed by atoms with E-state index in [0.717, 1.165) is 28.7 Å². The van der Waals surface area contributed by atoms with Crippen molar-refractivity contribution in [1.29, 1.82) is 0 Å². The van der Waals surface area contributed by atoms with E-state index in [-0.39, 0.29) is 24.4 Å². The van der Waals surface area contributed by atoms with Crippen LogP contribution in [0.15, 0.2) is 28.7 Å². The van der Waals surface area contributed by atoms with Gasteiger partial charge in [-0.05, 0) is 67.6 Å². The highest BCUT2D eigenvalue weighted by Gasteiger charge is 2.39. The van der Waals surface area contributed by atoms with Crippen LogP contribution in [0.25, 0.3) is 0 Å². The minimum absolute atomic E-state index is 0.0261. The van der Waals surface area contributed by atoms with Crippen molar-refractivity contribution in [1.82, 2.24) is 15.1 Å².